The Balaban J connectivity index is 1.47. The molecule has 1 unspecified atom stereocenters. The molecule has 150 valence electrons. The molecule has 1 aliphatic rings. The molecule has 1 N–H and O–H groups in total. The topological polar surface area (TPSA) is 61.4 Å². The molecular weight excluding hydrogens is 350 g/mol. The van der Waals surface area contributed by atoms with Crippen LogP contribution in [0.2, 0.25) is 0 Å². The summed E-state index contributed by atoms with van der Waals surface area (Å²) in [6.07, 6.45) is 8.37. The smallest absolute Gasteiger partial charge is 0.244 e. The van der Waals surface area contributed by atoms with Gasteiger partial charge in [-0.3, -0.25) is 4.79 Å². The van der Waals surface area contributed by atoms with Gasteiger partial charge in [0.1, 0.15) is 6.04 Å². The van der Waals surface area contributed by atoms with Crippen LogP contribution < -0.4 is 10.2 Å². The maximum atomic E-state index is 12.8. The summed E-state index contributed by atoms with van der Waals surface area (Å²) in [5, 5.41) is 3.35. The van der Waals surface area contributed by atoms with E-state index in [0.29, 0.717) is 13.1 Å². The quantitative estimate of drug-likeness (QED) is 0.711. The van der Waals surface area contributed by atoms with Gasteiger partial charge in [0.05, 0.1) is 0 Å². The summed E-state index contributed by atoms with van der Waals surface area (Å²) in [7, 11) is 0. The van der Waals surface area contributed by atoms with Crippen LogP contribution in [0, 0.1) is 0 Å². The lowest BCUT2D eigenvalue weighted by molar-refractivity contribution is -0.131. The lowest BCUT2D eigenvalue weighted by Crippen LogP contribution is -2.52. The van der Waals surface area contributed by atoms with Crippen molar-refractivity contribution < 1.29 is 4.79 Å². The van der Waals surface area contributed by atoms with Gasteiger partial charge in [-0.05, 0) is 43.5 Å². The standard InChI is InChI=1S/C22H31N5O/c1-3-4-5-7-19-8-10-20(11-9-19)25-18(2)21(28)26-14-16-27(17-15-26)22-23-12-6-13-24-22/h6,8-13,18,25H,3-5,7,14-17H2,1-2H3. The third-order valence-corrected chi connectivity index (χ3v) is 5.20. The minimum Gasteiger partial charge on any atom is -0.374 e. The van der Waals surface area contributed by atoms with Gasteiger partial charge < -0.3 is 15.1 Å². The second-order valence-corrected chi connectivity index (χ2v) is 7.38. The summed E-state index contributed by atoms with van der Waals surface area (Å²) >= 11 is 0. The van der Waals surface area contributed by atoms with E-state index in [-0.39, 0.29) is 11.9 Å². The number of benzene rings is 1. The molecule has 1 atom stereocenters. The van der Waals surface area contributed by atoms with Gasteiger partial charge in [0.15, 0.2) is 0 Å². The number of rotatable bonds is 8. The van der Waals surface area contributed by atoms with Gasteiger partial charge in [0.2, 0.25) is 11.9 Å². The summed E-state index contributed by atoms with van der Waals surface area (Å²) in [6, 6.07) is 10.0. The van der Waals surface area contributed by atoms with E-state index < -0.39 is 0 Å². The highest BCUT2D eigenvalue weighted by Crippen LogP contribution is 2.15. The SMILES string of the molecule is CCCCCc1ccc(NC(C)C(=O)N2CCN(c3ncccn3)CC2)cc1. The van der Waals surface area contributed by atoms with Crippen LogP contribution in [0.3, 0.4) is 0 Å². The van der Waals surface area contributed by atoms with Crippen molar-refractivity contribution in [3.05, 3.63) is 48.3 Å². The Morgan fingerprint density at radius 2 is 1.75 bits per heavy atom. The number of anilines is 2. The fourth-order valence-corrected chi connectivity index (χ4v) is 3.51. The Morgan fingerprint density at radius 1 is 1.07 bits per heavy atom. The van der Waals surface area contributed by atoms with Crippen LogP contribution in [0.15, 0.2) is 42.7 Å². The third kappa shape index (κ3) is 5.44. The first-order chi connectivity index (χ1) is 13.7. The number of nitrogens with one attached hydrogen (secondary N) is 1. The van der Waals surface area contributed by atoms with Gasteiger partial charge >= 0.3 is 0 Å². The van der Waals surface area contributed by atoms with Gasteiger partial charge in [0, 0.05) is 44.3 Å². The molecule has 1 saturated heterocycles. The van der Waals surface area contributed by atoms with E-state index in [4.69, 9.17) is 0 Å². The summed E-state index contributed by atoms with van der Waals surface area (Å²) in [5.74, 6) is 0.875. The van der Waals surface area contributed by atoms with E-state index in [1.807, 2.05) is 17.9 Å². The minimum atomic E-state index is -0.245. The number of carbonyl (C=O) groups excluding carboxylic acids is 1. The van der Waals surface area contributed by atoms with Crippen LogP contribution in [0.5, 0.6) is 0 Å². The van der Waals surface area contributed by atoms with E-state index in [1.54, 1.807) is 12.4 Å². The summed E-state index contributed by atoms with van der Waals surface area (Å²) in [6.45, 7) is 7.06. The van der Waals surface area contributed by atoms with Crippen LogP contribution in [0.1, 0.15) is 38.7 Å². The molecule has 2 aromatic rings. The monoisotopic (exact) mass is 381 g/mol. The van der Waals surface area contributed by atoms with Crippen LogP contribution in [-0.4, -0.2) is 53.0 Å². The Morgan fingerprint density at radius 3 is 2.39 bits per heavy atom. The normalized spacial score (nSPS) is 15.4. The Bertz CT molecular complexity index is 726. The van der Waals surface area contributed by atoms with Crippen molar-refractivity contribution in [1.29, 1.82) is 0 Å². The molecule has 1 aromatic heterocycles. The molecule has 28 heavy (non-hydrogen) atoms. The molecule has 2 heterocycles. The molecule has 1 fully saturated rings. The number of piperazine rings is 1. The average molecular weight is 382 g/mol. The first-order valence-corrected chi connectivity index (χ1v) is 10.3. The van der Waals surface area contributed by atoms with E-state index in [0.717, 1.165) is 31.1 Å². The van der Waals surface area contributed by atoms with Crippen molar-refractivity contribution in [2.24, 2.45) is 0 Å². The predicted octanol–water partition coefficient (Wildman–Crippen LogP) is 3.36. The second kappa shape index (κ2) is 10.1. The van der Waals surface area contributed by atoms with E-state index in [9.17, 15) is 4.79 Å². The molecule has 0 bridgehead atoms. The highest BCUT2D eigenvalue weighted by molar-refractivity contribution is 5.84. The minimum absolute atomic E-state index is 0.139. The number of unbranched alkanes of at least 4 members (excludes halogenated alkanes) is 2. The number of aryl methyl sites for hydroxylation is 1. The van der Waals surface area contributed by atoms with Crippen molar-refractivity contribution in [3.8, 4) is 0 Å². The number of carbonyl (C=O) groups is 1. The van der Waals surface area contributed by atoms with E-state index in [1.165, 1.54) is 24.8 Å². The van der Waals surface area contributed by atoms with Gasteiger partial charge in [-0.15, -0.1) is 0 Å². The molecule has 0 aliphatic carbocycles. The largest absolute Gasteiger partial charge is 0.374 e. The van der Waals surface area contributed by atoms with Crippen molar-refractivity contribution in [1.82, 2.24) is 14.9 Å². The molecule has 0 radical (unpaired) electrons. The zero-order valence-electron chi connectivity index (χ0n) is 17.0. The van der Waals surface area contributed by atoms with Gasteiger partial charge in [-0.1, -0.05) is 31.9 Å². The zero-order valence-corrected chi connectivity index (χ0v) is 17.0. The third-order valence-electron chi connectivity index (χ3n) is 5.20. The molecule has 1 aromatic carbocycles. The maximum absolute atomic E-state index is 12.8. The lowest BCUT2D eigenvalue weighted by Gasteiger charge is -2.36. The fraction of sp³-hybridized carbons (Fsp3) is 0.500. The van der Waals surface area contributed by atoms with Crippen molar-refractivity contribution in [2.75, 3.05) is 36.4 Å². The molecule has 0 spiro atoms. The maximum Gasteiger partial charge on any atom is 0.244 e. The van der Waals surface area contributed by atoms with E-state index in [2.05, 4.69) is 51.4 Å². The van der Waals surface area contributed by atoms with Crippen LogP contribution in [-0.2, 0) is 11.2 Å². The van der Waals surface area contributed by atoms with Crippen molar-refractivity contribution in [2.45, 2.75) is 45.6 Å². The lowest BCUT2D eigenvalue weighted by atomic mass is 10.1. The molecule has 1 amide bonds. The predicted molar refractivity (Wildman–Crippen MR) is 114 cm³/mol. The number of hydrogen-bond donors (Lipinski definition) is 1. The fourth-order valence-electron chi connectivity index (χ4n) is 3.51. The molecular formula is C22H31N5O. The molecule has 0 saturated carbocycles. The first kappa shape index (κ1) is 20.1. The van der Waals surface area contributed by atoms with Gasteiger partial charge in [0.25, 0.3) is 0 Å². The Kier molecular flexibility index (Phi) is 7.23. The van der Waals surface area contributed by atoms with Gasteiger partial charge in [-0.25, -0.2) is 9.97 Å². The number of aromatic nitrogens is 2. The second-order valence-electron chi connectivity index (χ2n) is 7.38. The molecule has 1 aliphatic heterocycles. The van der Waals surface area contributed by atoms with Crippen LogP contribution in [0.4, 0.5) is 11.6 Å². The first-order valence-electron chi connectivity index (χ1n) is 10.3. The molecule has 6 heteroatoms. The van der Waals surface area contributed by atoms with Crippen LogP contribution in [0.25, 0.3) is 0 Å². The molecule has 6 nitrogen and oxygen atoms in total. The van der Waals surface area contributed by atoms with Crippen molar-refractivity contribution in [3.63, 3.8) is 0 Å². The average Bonchev–Trinajstić information content (AvgIpc) is 2.75. The summed E-state index contributed by atoms with van der Waals surface area (Å²) < 4.78 is 0. The Labute approximate surface area is 168 Å². The number of hydrogen-bond acceptors (Lipinski definition) is 5. The number of amides is 1. The van der Waals surface area contributed by atoms with Crippen molar-refractivity contribution >= 4 is 17.5 Å². The Hall–Kier alpha value is -2.63. The summed E-state index contributed by atoms with van der Waals surface area (Å²) in [5.41, 5.74) is 2.36. The van der Waals surface area contributed by atoms with Crippen LogP contribution >= 0.6 is 0 Å². The highest BCUT2D eigenvalue weighted by Gasteiger charge is 2.25. The zero-order chi connectivity index (χ0) is 19.8. The van der Waals surface area contributed by atoms with Gasteiger partial charge in [-0.2, -0.15) is 0 Å². The number of nitrogens with zero attached hydrogens (tertiary/aromatic N) is 4. The molecule has 3 rings (SSSR count). The van der Waals surface area contributed by atoms with E-state index >= 15 is 0 Å². The summed E-state index contributed by atoms with van der Waals surface area (Å²) in [4.78, 5) is 25.4. The highest BCUT2D eigenvalue weighted by atomic mass is 16.2.